The lowest BCUT2D eigenvalue weighted by molar-refractivity contribution is -0.134. The standard InChI is InChI=1S/C21H24FN3O/c22-17-9-4-6-15(12-17)13-18-10-5-11-25(18)21(26)20-14-19(23-24-20)16-7-2-1-3-8-16/h1-4,6-9,12,18-20,23-24H,5,10-11,13-14H2. The summed E-state index contributed by atoms with van der Waals surface area (Å²) in [6.45, 7) is 0.785. The first kappa shape index (κ1) is 17.2. The van der Waals surface area contributed by atoms with Crippen molar-refractivity contribution < 1.29 is 9.18 Å². The van der Waals surface area contributed by atoms with Crippen molar-refractivity contribution in [3.8, 4) is 0 Å². The highest BCUT2D eigenvalue weighted by Crippen LogP contribution is 2.27. The van der Waals surface area contributed by atoms with E-state index in [0.29, 0.717) is 6.42 Å². The van der Waals surface area contributed by atoms with Crippen molar-refractivity contribution in [3.05, 3.63) is 71.5 Å². The number of hydrogen-bond donors (Lipinski definition) is 2. The molecule has 2 fully saturated rings. The average Bonchev–Trinajstić information content (AvgIpc) is 3.32. The number of rotatable bonds is 4. The lowest BCUT2D eigenvalue weighted by atomic mass is 10.0. The van der Waals surface area contributed by atoms with E-state index >= 15 is 0 Å². The molecule has 0 bridgehead atoms. The van der Waals surface area contributed by atoms with Gasteiger partial charge in [0.15, 0.2) is 0 Å². The Labute approximate surface area is 153 Å². The Bertz CT molecular complexity index is 767. The number of nitrogens with one attached hydrogen (secondary N) is 2. The summed E-state index contributed by atoms with van der Waals surface area (Å²) in [7, 11) is 0. The van der Waals surface area contributed by atoms with Gasteiger partial charge in [-0.3, -0.25) is 4.79 Å². The lowest BCUT2D eigenvalue weighted by Crippen LogP contribution is -2.47. The summed E-state index contributed by atoms with van der Waals surface area (Å²) in [5.41, 5.74) is 8.57. The maximum atomic E-state index is 13.4. The van der Waals surface area contributed by atoms with Crippen LogP contribution in [0.4, 0.5) is 4.39 Å². The van der Waals surface area contributed by atoms with Crippen molar-refractivity contribution in [2.24, 2.45) is 0 Å². The van der Waals surface area contributed by atoms with Gasteiger partial charge in [0.05, 0.1) is 0 Å². The van der Waals surface area contributed by atoms with Gasteiger partial charge < -0.3 is 4.90 Å². The van der Waals surface area contributed by atoms with Gasteiger partial charge in [0, 0.05) is 18.6 Å². The average molecular weight is 353 g/mol. The number of hydrazine groups is 1. The summed E-state index contributed by atoms with van der Waals surface area (Å²) in [5, 5.41) is 0. The second kappa shape index (κ2) is 7.56. The molecule has 3 atom stereocenters. The van der Waals surface area contributed by atoms with Crippen molar-refractivity contribution in [3.63, 3.8) is 0 Å². The minimum absolute atomic E-state index is 0.148. The van der Waals surface area contributed by atoms with E-state index in [-0.39, 0.29) is 29.8 Å². The summed E-state index contributed by atoms with van der Waals surface area (Å²) in [6, 6.07) is 17.0. The summed E-state index contributed by atoms with van der Waals surface area (Å²) >= 11 is 0. The summed E-state index contributed by atoms with van der Waals surface area (Å²) in [6.07, 6.45) is 3.44. The summed E-state index contributed by atoms with van der Waals surface area (Å²) in [4.78, 5) is 15.0. The number of amides is 1. The molecule has 2 saturated heterocycles. The van der Waals surface area contributed by atoms with Crippen LogP contribution in [0.1, 0.15) is 36.4 Å². The van der Waals surface area contributed by atoms with E-state index < -0.39 is 0 Å². The monoisotopic (exact) mass is 353 g/mol. The number of benzene rings is 2. The fraction of sp³-hybridized carbons (Fsp3) is 0.381. The first-order valence-corrected chi connectivity index (χ1v) is 9.31. The SMILES string of the molecule is O=C(C1CC(c2ccccc2)NN1)N1CCCC1Cc1cccc(F)c1. The Morgan fingerprint density at radius 3 is 2.77 bits per heavy atom. The van der Waals surface area contributed by atoms with E-state index in [0.717, 1.165) is 31.4 Å². The number of carbonyl (C=O) groups excluding carboxylic acids is 1. The molecule has 2 aliphatic rings. The van der Waals surface area contributed by atoms with Gasteiger partial charge in [-0.1, -0.05) is 42.5 Å². The smallest absolute Gasteiger partial charge is 0.241 e. The zero-order valence-corrected chi connectivity index (χ0v) is 14.7. The highest BCUT2D eigenvalue weighted by atomic mass is 19.1. The molecule has 4 nitrogen and oxygen atoms in total. The highest BCUT2D eigenvalue weighted by Gasteiger charge is 2.37. The number of likely N-dealkylation sites (tertiary alicyclic amines) is 1. The Balaban J connectivity index is 1.41. The van der Waals surface area contributed by atoms with Crippen LogP contribution in [0.25, 0.3) is 0 Å². The van der Waals surface area contributed by atoms with Gasteiger partial charge >= 0.3 is 0 Å². The van der Waals surface area contributed by atoms with Crippen LogP contribution >= 0.6 is 0 Å². The largest absolute Gasteiger partial charge is 0.338 e. The predicted molar refractivity (Wildman–Crippen MR) is 98.7 cm³/mol. The van der Waals surface area contributed by atoms with E-state index in [1.807, 2.05) is 29.2 Å². The molecule has 0 saturated carbocycles. The maximum Gasteiger partial charge on any atom is 0.241 e. The third-order valence-corrected chi connectivity index (χ3v) is 5.42. The Morgan fingerprint density at radius 1 is 1.12 bits per heavy atom. The molecule has 2 aromatic carbocycles. The van der Waals surface area contributed by atoms with Gasteiger partial charge in [-0.15, -0.1) is 0 Å². The molecule has 0 aromatic heterocycles. The Kier molecular flexibility index (Phi) is 5.00. The molecular formula is C21H24FN3O. The van der Waals surface area contributed by atoms with Crippen molar-refractivity contribution >= 4 is 5.91 Å². The second-order valence-electron chi connectivity index (χ2n) is 7.20. The molecule has 1 amide bonds. The molecule has 5 heteroatoms. The number of carbonyl (C=O) groups is 1. The molecule has 0 spiro atoms. The van der Waals surface area contributed by atoms with Crippen LogP contribution in [0, 0.1) is 5.82 Å². The molecule has 0 radical (unpaired) electrons. The van der Waals surface area contributed by atoms with E-state index in [1.165, 1.54) is 11.6 Å². The Morgan fingerprint density at radius 2 is 1.96 bits per heavy atom. The van der Waals surface area contributed by atoms with Crippen LogP contribution in [0.5, 0.6) is 0 Å². The Hall–Kier alpha value is -2.24. The molecule has 2 aliphatic heterocycles. The quantitative estimate of drug-likeness (QED) is 0.888. The van der Waals surface area contributed by atoms with E-state index in [4.69, 9.17) is 0 Å². The fourth-order valence-electron chi connectivity index (χ4n) is 4.10. The third-order valence-electron chi connectivity index (χ3n) is 5.42. The van der Waals surface area contributed by atoms with Gasteiger partial charge in [0.1, 0.15) is 11.9 Å². The molecule has 2 aromatic rings. The highest BCUT2D eigenvalue weighted by molar-refractivity contribution is 5.82. The zero-order valence-electron chi connectivity index (χ0n) is 14.7. The van der Waals surface area contributed by atoms with Crippen molar-refractivity contribution in [1.29, 1.82) is 0 Å². The molecule has 4 rings (SSSR count). The van der Waals surface area contributed by atoms with Crippen LogP contribution in [0.3, 0.4) is 0 Å². The minimum atomic E-state index is -0.217. The van der Waals surface area contributed by atoms with Crippen molar-refractivity contribution in [2.75, 3.05) is 6.54 Å². The first-order chi connectivity index (χ1) is 12.7. The molecule has 0 aliphatic carbocycles. The molecule has 3 unspecified atom stereocenters. The van der Waals surface area contributed by atoms with Crippen LogP contribution < -0.4 is 10.9 Å². The van der Waals surface area contributed by atoms with Gasteiger partial charge in [-0.2, -0.15) is 0 Å². The third kappa shape index (κ3) is 3.64. The van der Waals surface area contributed by atoms with Gasteiger partial charge in [-0.25, -0.2) is 15.2 Å². The number of halogens is 1. The predicted octanol–water partition coefficient (Wildman–Crippen LogP) is 2.97. The number of nitrogens with zero attached hydrogens (tertiary/aromatic N) is 1. The van der Waals surface area contributed by atoms with Gasteiger partial charge in [0.25, 0.3) is 0 Å². The number of hydrogen-bond acceptors (Lipinski definition) is 3. The topological polar surface area (TPSA) is 44.4 Å². The van der Waals surface area contributed by atoms with Gasteiger partial charge in [-0.05, 0) is 48.9 Å². The molecule has 2 heterocycles. The maximum absolute atomic E-state index is 13.4. The second-order valence-corrected chi connectivity index (χ2v) is 7.20. The molecule has 2 N–H and O–H groups in total. The van der Waals surface area contributed by atoms with E-state index in [9.17, 15) is 9.18 Å². The van der Waals surface area contributed by atoms with Crippen molar-refractivity contribution in [2.45, 2.75) is 43.8 Å². The normalized spacial score (nSPS) is 25.6. The molecular weight excluding hydrogens is 329 g/mol. The fourth-order valence-corrected chi connectivity index (χ4v) is 4.10. The first-order valence-electron chi connectivity index (χ1n) is 9.31. The van der Waals surface area contributed by atoms with Crippen LogP contribution in [0.2, 0.25) is 0 Å². The summed E-state index contributed by atoms with van der Waals surface area (Å²) in [5.74, 6) is -0.0689. The lowest BCUT2D eigenvalue weighted by Gasteiger charge is -2.27. The minimum Gasteiger partial charge on any atom is -0.338 e. The van der Waals surface area contributed by atoms with Gasteiger partial charge in [0.2, 0.25) is 5.91 Å². The molecule has 136 valence electrons. The van der Waals surface area contributed by atoms with Crippen LogP contribution in [-0.4, -0.2) is 29.4 Å². The molecule has 26 heavy (non-hydrogen) atoms. The van der Waals surface area contributed by atoms with Crippen LogP contribution in [-0.2, 0) is 11.2 Å². The zero-order chi connectivity index (χ0) is 17.9. The summed E-state index contributed by atoms with van der Waals surface area (Å²) < 4.78 is 13.4. The van der Waals surface area contributed by atoms with E-state index in [2.05, 4.69) is 23.0 Å². The van der Waals surface area contributed by atoms with E-state index in [1.54, 1.807) is 12.1 Å². The van der Waals surface area contributed by atoms with Crippen LogP contribution in [0.15, 0.2) is 54.6 Å². The van der Waals surface area contributed by atoms with Crippen molar-refractivity contribution in [1.82, 2.24) is 15.8 Å².